The minimum absolute atomic E-state index is 0.179. The van der Waals surface area contributed by atoms with E-state index in [0.29, 0.717) is 64.2 Å². The SMILES string of the molecule is COc1cc(N2CCC(N3CCN(CCCCOc4cccc5c4CN(C4CCC(=O)NC4=O)C5=O)CC3)CC2)c(CC(=O)O)cc1Nc1ncc(Cl)c(Nc2ccccc2P(C)(C)=O)n1. The summed E-state index contributed by atoms with van der Waals surface area (Å²) in [5, 5.41) is 19.7. The number of nitrogens with zero attached hydrogens (tertiary/aromatic N) is 6. The molecule has 4 N–H and O–H groups in total. The summed E-state index contributed by atoms with van der Waals surface area (Å²) in [4.78, 5) is 67.3. The maximum Gasteiger partial charge on any atom is 0.307 e. The number of halogens is 1. The maximum absolute atomic E-state index is 13.2. The predicted octanol–water partition coefficient (Wildman–Crippen LogP) is 5.71. The Morgan fingerprint density at radius 3 is 2.44 bits per heavy atom. The number of benzene rings is 3. The molecule has 1 atom stereocenters. The molecule has 3 saturated heterocycles. The van der Waals surface area contributed by atoms with Crippen LogP contribution in [0.25, 0.3) is 0 Å². The molecule has 5 heterocycles. The van der Waals surface area contributed by atoms with Crippen molar-refractivity contribution < 1.29 is 38.3 Å². The van der Waals surface area contributed by atoms with Gasteiger partial charge in [0.05, 0.1) is 44.3 Å². The fourth-order valence-corrected chi connectivity index (χ4v) is 10.7. The first-order valence-corrected chi connectivity index (χ1v) is 25.5. The molecule has 350 valence electrons. The third kappa shape index (κ3) is 10.8. The number of fused-ring (bicyclic) bond motifs is 1. The Kier molecular flexibility index (Phi) is 14.5. The average Bonchev–Trinajstić information content (AvgIpc) is 3.63. The van der Waals surface area contributed by atoms with Gasteiger partial charge in [0.2, 0.25) is 17.8 Å². The van der Waals surface area contributed by atoms with Crippen LogP contribution in [0.2, 0.25) is 5.02 Å². The van der Waals surface area contributed by atoms with Crippen LogP contribution >= 0.6 is 18.7 Å². The molecule has 8 rings (SSSR count). The highest BCUT2D eigenvalue weighted by atomic mass is 35.5. The van der Waals surface area contributed by atoms with Crippen molar-refractivity contribution in [2.24, 2.45) is 0 Å². The first kappa shape index (κ1) is 46.8. The van der Waals surface area contributed by atoms with Gasteiger partial charge in [0.15, 0.2) is 5.82 Å². The lowest BCUT2D eigenvalue weighted by atomic mass is 9.99. The van der Waals surface area contributed by atoms with Gasteiger partial charge < -0.3 is 44.5 Å². The number of unbranched alkanes of at least 4 members (excludes halogenated alkanes) is 1. The standard InChI is InChI=1S/C47H57ClN9O8P/c1-64-40-27-38(30(26-43(59)60)25-36(40)51-47-49-28-34(48)44(53-47)50-35-10-4-5-12-41(35)66(2,3)63)56-18-15-31(16-19-56)55-22-20-54(21-23-55)17-6-7-24-65-39-11-8-9-32-33(39)29-57(46(32)62)37-13-14-42(58)52-45(37)61/h4-5,8-12,25,27-28,31,37H,6-7,13-24,26,29H2,1-3H3,(H,59,60)(H,52,58,61)(H2,49,50,51,53). The number of aliphatic carboxylic acids is 1. The number of ether oxygens (including phenoxy) is 2. The lowest BCUT2D eigenvalue weighted by Crippen LogP contribution is -2.53. The Bertz CT molecular complexity index is 2520. The van der Waals surface area contributed by atoms with Crippen LogP contribution in [-0.4, -0.2) is 138 Å². The average molecular weight is 942 g/mol. The highest BCUT2D eigenvalue weighted by molar-refractivity contribution is 7.70. The monoisotopic (exact) mass is 941 g/mol. The van der Waals surface area contributed by atoms with Gasteiger partial charge in [-0.1, -0.05) is 29.8 Å². The number of hydrogen-bond acceptors (Lipinski definition) is 14. The van der Waals surface area contributed by atoms with Gasteiger partial charge in [0.1, 0.15) is 29.7 Å². The molecular weight excluding hydrogens is 885 g/mol. The Labute approximate surface area is 389 Å². The van der Waals surface area contributed by atoms with Crippen molar-refractivity contribution in [1.29, 1.82) is 0 Å². The number of piperazine rings is 1. The zero-order chi connectivity index (χ0) is 46.5. The highest BCUT2D eigenvalue weighted by Crippen LogP contribution is 2.40. The molecule has 0 saturated carbocycles. The van der Waals surface area contributed by atoms with E-state index in [1.165, 1.54) is 6.20 Å². The number of imide groups is 1. The molecule has 66 heavy (non-hydrogen) atoms. The van der Waals surface area contributed by atoms with Crippen LogP contribution in [0.4, 0.5) is 28.8 Å². The van der Waals surface area contributed by atoms with Crippen molar-refractivity contribution in [3.63, 3.8) is 0 Å². The van der Waals surface area contributed by atoms with Crippen molar-refractivity contribution in [2.45, 2.75) is 63.6 Å². The molecule has 0 radical (unpaired) electrons. The number of aromatic nitrogens is 2. The summed E-state index contributed by atoms with van der Waals surface area (Å²) in [5.74, 6) is -0.168. The largest absolute Gasteiger partial charge is 0.494 e. The van der Waals surface area contributed by atoms with E-state index in [-0.39, 0.29) is 42.2 Å². The molecule has 3 aromatic carbocycles. The van der Waals surface area contributed by atoms with Crippen LogP contribution in [0, 0.1) is 0 Å². The molecule has 19 heteroatoms. The van der Waals surface area contributed by atoms with Gasteiger partial charge >= 0.3 is 5.97 Å². The van der Waals surface area contributed by atoms with Gasteiger partial charge in [-0.15, -0.1) is 0 Å². The molecule has 0 bridgehead atoms. The minimum atomic E-state index is -2.61. The van der Waals surface area contributed by atoms with Gasteiger partial charge in [0.25, 0.3) is 5.91 Å². The fourth-order valence-electron chi connectivity index (χ4n) is 9.43. The van der Waals surface area contributed by atoms with E-state index >= 15 is 0 Å². The second-order valence-corrected chi connectivity index (χ2v) is 21.2. The van der Waals surface area contributed by atoms with Gasteiger partial charge in [-0.05, 0) is 87.9 Å². The fraction of sp³-hybridized carbons (Fsp3) is 0.447. The van der Waals surface area contributed by atoms with Gasteiger partial charge in [-0.3, -0.25) is 29.4 Å². The number of nitrogens with one attached hydrogen (secondary N) is 3. The lowest BCUT2D eigenvalue weighted by molar-refractivity contribution is -0.137. The second kappa shape index (κ2) is 20.4. The zero-order valence-corrected chi connectivity index (χ0v) is 39.2. The van der Waals surface area contributed by atoms with E-state index in [0.717, 1.165) is 82.7 Å². The molecule has 4 aromatic rings. The molecule has 3 amide bonds. The molecule has 4 aliphatic rings. The van der Waals surface area contributed by atoms with Crippen molar-refractivity contribution in [3.05, 3.63) is 82.5 Å². The summed E-state index contributed by atoms with van der Waals surface area (Å²) >= 11 is 6.50. The number of hydrogen-bond donors (Lipinski definition) is 4. The summed E-state index contributed by atoms with van der Waals surface area (Å²) in [7, 11) is -1.04. The summed E-state index contributed by atoms with van der Waals surface area (Å²) in [5.41, 5.74) is 3.95. The third-order valence-corrected chi connectivity index (χ3v) is 14.7. The number of carboxylic acids is 1. The first-order chi connectivity index (χ1) is 31.7. The van der Waals surface area contributed by atoms with Crippen molar-refractivity contribution in [2.75, 3.05) is 88.4 Å². The zero-order valence-electron chi connectivity index (χ0n) is 37.6. The Morgan fingerprint density at radius 2 is 1.71 bits per heavy atom. The van der Waals surface area contributed by atoms with Crippen molar-refractivity contribution in [1.82, 2.24) is 30.0 Å². The number of carbonyl (C=O) groups is 4. The number of carbonyl (C=O) groups excluding carboxylic acids is 3. The molecule has 3 fully saturated rings. The van der Waals surface area contributed by atoms with Crippen LogP contribution in [0.5, 0.6) is 11.5 Å². The first-order valence-electron chi connectivity index (χ1n) is 22.5. The number of methoxy groups -OCH3 is 1. The number of amides is 3. The molecule has 1 aromatic heterocycles. The predicted molar refractivity (Wildman–Crippen MR) is 254 cm³/mol. The maximum atomic E-state index is 13.2. The number of para-hydroxylation sites is 1. The Balaban J connectivity index is 0.811. The van der Waals surface area contributed by atoms with Crippen LogP contribution in [-0.2, 0) is 31.9 Å². The van der Waals surface area contributed by atoms with Crippen LogP contribution in [0.15, 0.2) is 60.8 Å². The number of rotatable bonds is 17. The number of carboxylic acid groups (broad SMARTS) is 1. The Morgan fingerprint density at radius 1 is 0.939 bits per heavy atom. The molecule has 0 aliphatic carbocycles. The van der Waals surface area contributed by atoms with Crippen LogP contribution in [0.3, 0.4) is 0 Å². The quantitative estimate of drug-likeness (QED) is 0.0570. The summed E-state index contributed by atoms with van der Waals surface area (Å²) < 4.78 is 25.0. The molecule has 1 unspecified atom stereocenters. The highest BCUT2D eigenvalue weighted by Gasteiger charge is 2.40. The topological polar surface area (TPSA) is 199 Å². The van der Waals surface area contributed by atoms with E-state index in [1.807, 2.05) is 42.5 Å². The Hall–Kier alpha value is -5.74. The smallest absolute Gasteiger partial charge is 0.307 e. The second-order valence-electron chi connectivity index (χ2n) is 17.6. The summed E-state index contributed by atoms with van der Waals surface area (Å²) in [6, 6.07) is 16.2. The number of anilines is 5. The van der Waals surface area contributed by atoms with E-state index in [1.54, 1.807) is 37.5 Å². The molecule has 4 aliphatic heterocycles. The van der Waals surface area contributed by atoms with Crippen molar-refractivity contribution in [3.8, 4) is 11.5 Å². The van der Waals surface area contributed by atoms with Gasteiger partial charge in [-0.2, -0.15) is 4.98 Å². The molecule has 0 spiro atoms. The van der Waals surface area contributed by atoms with Gasteiger partial charge in [-0.25, -0.2) is 4.98 Å². The van der Waals surface area contributed by atoms with E-state index in [2.05, 4.69) is 40.6 Å². The summed E-state index contributed by atoms with van der Waals surface area (Å²) in [6.07, 6.45) is 5.58. The normalized spacial score (nSPS) is 18.5. The van der Waals surface area contributed by atoms with E-state index in [4.69, 9.17) is 21.1 Å². The van der Waals surface area contributed by atoms with E-state index in [9.17, 15) is 28.8 Å². The summed E-state index contributed by atoms with van der Waals surface area (Å²) in [6.45, 7) is 10.7. The third-order valence-electron chi connectivity index (χ3n) is 12.9. The van der Waals surface area contributed by atoms with Crippen LogP contribution < -0.4 is 35.6 Å². The van der Waals surface area contributed by atoms with Crippen LogP contribution in [0.1, 0.15) is 60.0 Å². The van der Waals surface area contributed by atoms with E-state index < -0.39 is 25.1 Å². The van der Waals surface area contributed by atoms with Gasteiger partial charge in [0, 0.05) is 79.9 Å². The molecule has 17 nitrogen and oxygen atoms in total. The molecular formula is C47H57ClN9O8P. The van der Waals surface area contributed by atoms with Crippen molar-refractivity contribution >= 4 is 76.6 Å². The lowest BCUT2D eigenvalue weighted by Gasteiger charge is -2.43. The minimum Gasteiger partial charge on any atom is -0.494 e. The number of piperidine rings is 2.